The van der Waals surface area contributed by atoms with Crippen LogP contribution in [0.25, 0.3) is 0 Å². The van der Waals surface area contributed by atoms with Crippen LogP contribution in [0, 0.1) is 0 Å². The van der Waals surface area contributed by atoms with Crippen LogP contribution in [0.3, 0.4) is 0 Å². The monoisotopic (exact) mass is 162 g/mol. The summed E-state index contributed by atoms with van der Waals surface area (Å²) in [4.78, 5) is 11.1. The highest BCUT2D eigenvalue weighted by molar-refractivity contribution is 5.80. The Morgan fingerprint density at radius 3 is 3.00 bits per heavy atom. The summed E-state index contributed by atoms with van der Waals surface area (Å²) >= 11 is 0. The maximum absolute atomic E-state index is 11.1. The lowest BCUT2D eigenvalue weighted by Crippen LogP contribution is -1.99. The Bertz CT molecular complexity index is 256. The van der Waals surface area contributed by atoms with Crippen LogP contribution in [0.2, 0.25) is 0 Å². The smallest absolute Gasteiger partial charge is 0.136 e. The van der Waals surface area contributed by atoms with E-state index >= 15 is 0 Å². The van der Waals surface area contributed by atoms with Crippen molar-refractivity contribution in [2.75, 3.05) is 0 Å². The molecule has 1 aliphatic rings. The molecule has 0 N–H and O–H groups in total. The molecule has 12 heavy (non-hydrogen) atoms. The zero-order valence-electron chi connectivity index (χ0n) is 7.47. The summed E-state index contributed by atoms with van der Waals surface area (Å²) in [6, 6.07) is 0. The Labute approximate surface area is 73.5 Å². The highest BCUT2D eigenvalue weighted by atomic mass is 16.1. The van der Waals surface area contributed by atoms with E-state index in [1.165, 1.54) is 5.57 Å². The van der Waals surface area contributed by atoms with Gasteiger partial charge in [-0.25, -0.2) is 0 Å². The van der Waals surface area contributed by atoms with Crippen molar-refractivity contribution in [2.45, 2.75) is 26.2 Å². The summed E-state index contributed by atoms with van der Waals surface area (Å²) < 4.78 is 0. The van der Waals surface area contributed by atoms with Crippen LogP contribution in [0.5, 0.6) is 0 Å². The summed E-state index contributed by atoms with van der Waals surface area (Å²) in [6.45, 7) is 5.76. The average Bonchev–Trinajstić information content (AvgIpc) is 2.04. The fourth-order valence-electron chi connectivity index (χ4n) is 1.23. The van der Waals surface area contributed by atoms with E-state index in [1.807, 2.05) is 25.2 Å². The van der Waals surface area contributed by atoms with E-state index in [1.54, 1.807) is 0 Å². The normalized spacial score (nSPS) is 16.1. The lowest BCUT2D eigenvalue weighted by atomic mass is 9.96. The van der Waals surface area contributed by atoms with Gasteiger partial charge in [0.1, 0.15) is 5.78 Å². The maximum atomic E-state index is 11.1. The van der Waals surface area contributed by atoms with Crippen molar-refractivity contribution >= 4 is 5.78 Å². The van der Waals surface area contributed by atoms with Gasteiger partial charge in [-0.15, -0.1) is 0 Å². The van der Waals surface area contributed by atoms with Crippen LogP contribution >= 0.6 is 0 Å². The first-order chi connectivity index (χ1) is 5.72. The standard InChI is InChI=1S/C11H14O/c1-3-11(12)8-10-6-4-5-9(2)7-10/h4-6H,2-3,7-8H2,1H3. The topological polar surface area (TPSA) is 17.1 Å². The van der Waals surface area contributed by atoms with Crippen LogP contribution in [-0.2, 0) is 4.79 Å². The second kappa shape index (κ2) is 4.05. The molecular formula is C11H14O. The largest absolute Gasteiger partial charge is 0.299 e. The SMILES string of the molecule is C=C1C=CC=C(CC(=O)CC)C1. The molecule has 1 nitrogen and oxygen atoms in total. The Balaban J connectivity index is 2.53. The number of carbonyl (C=O) groups is 1. The molecule has 0 spiro atoms. The number of hydrogen-bond donors (Lipinski definition) is 0. The van der Waals surface area contributed by atoms with Gasteiger partial charge in [-0.2, -0.15) is 0 Å². The molecule has 0 heterocycles. The molecule has 0 saturated heterocycles. The molecule has 0 aromatic carbocycles. The maximum Gasteiger partial charge on any atom is 0.136 e. The number of carbonyl (C=O) groups excluding carboxylic acids is 1. The van der Waals surface area contributed by atoms with Crippen molar-refractivity contribution < 1.29 is 4.79 Å². The summed E-state index contributed by atoms with van der Waals surface area (Å²) in [7, 11) is 0. The molecule has 1 heteroatoms. The summed E-state index contributed by atoms with van der Waals surface area (Å²) in [5.74, 6) is 0.310. The Morgan fingerprint density at radius 2 is 2.42 bits per heavy atom. The second-order valence-electron chi connectivity index (χ2n) is 3.09. The van der Waals surface area contributed by atoms with Gasteiger partial charge in [0.25, 0.3) is 0 Å². The molecule has 0 unspecified atom stereocenters. The summed E-state index contributed by atoms with van der Waals surface area (Å²) in [6.07, 6.45) is 8.06. The van der Waals surface area contributed by atoms with Crippen LogP contribution in [0.15, 0.2) is 36.0 Å². The number of ketones is 1. The third-order valence-electron chi connectivity index (χ3n) is 1.94. The van der Waals surface area contributed by atoms with Crippen LogP contribution < -0.4 is 0 Å². The molecule has 0 amide bonds. The predicted octanol–water partition coefficient (Wildman–Crippen LogP) is 2.80. The molecule has 0 fully saturated rings. The fourth-order valence-corrected chi connectivity index (χ4v) is 1.23. The van der Waals surface area contributed by atoms with Gasteiger partial charge in [-0.1, -0.05) is 42.9 Å². The second-order valence-corrected chi connectivity index (χ2v) is 3.09. The first-order valence-electron chi connectivity index (χ1n) is 4.28. The van der Waals surface area contributed by atoms with E-state index < -0.39 is 0 Å². The van der Waals surface area contributed by atoms with E-state index in [0.717, 1.165) is 12.0 Å². The quantitative estimate of drug-likeness (QED) is 0.623. The highest BCUT2D eigenvalue weighted by Crippen LogP contribution is 2.19. The van der Waals surface area contributed by atoms with E-state index in [9.17, 15) is 4.79 Å². The molecule has 1 aliphatic carbocycles. The lowest BCUT2D eigenvalue weighted by molar-refractivity contribution is -0.118. The van der Waals surface area contributed by atoms with Crippen molar-refractivity contribution in [1.82, 2.24) is 0 Å². The Kier molecular flexibility index (Phi) is 3.03. The Morgan fingerprint density at radius 1 is 1.67 bits per heavy atom. The molecule has 0 aromatic rings. The van der Waals surface area contributed by atoms with Crippen molar-refractivity contribution in [1.29, 1.82) is 0 Å². The third kappa shape index (κ3) is 2.50. The molecule has 0 saturated carbocycles. The van der Waals surface area contributed by atoms with Crippen molar-refractivity contribution in [2.24, 2.45) is 0 Å². The van der Waals surface area contributed by atoms with Crippen molar-refractivity contribution in [3.63, 3.8) is 0 Å². The molecule has 0 bridgehead atoms. The molecule has 0 aliphatic heterocycles. The van der Waals surface area contributed by atoms with Gasteiger partial charge >= 0.3 is 0 Å². The molecular weight excluding hydrogens is 148 g/mol. The number of hydrogen-bond acceptors (Lipinski definition) is 1. The van der Waals surface area contributed by atoms with Crippen LogP contribution in [-0.4, -0.2) is 5.78 Å². The minimum atomic E-state index is 0.310. The Hall–Kier alpha value is -1.11. The van der Waals surface area contributed by atoms with Gasteiger partial charge in [0.15, 0.2) is 0 Å². The molecule has 64 valence electrons. The van der Waals surface area contributed by atoms with Gasteiger partial charge in [0.2, 0.25) is 0 Å². The average molecular weight is 162 g/mol. The van der Waals surface area contributed by atoms with E-state index in [4.69, 9.17) is 0 Å². The van der Waals surface area contributed by atoms with Crippen molar-refractivity contribution in [3.05, 3.63) is 36.0 Å². The first-order valence-corrected chi connectivity index (χ1v) is 4.28. The molecule has 0 atom stereocenters. The number of allylic oxidation sites excluding steroid dienone is 5. The van der Waals surface area contributed by atoms with Gasteiger partial charge in [0, 0.05) is 12.8 Å². The predicted molar refractivity (Wildman–Crippen MR) is 50.9 cm³/mol. The van der Waals surface area contributed by atoms with E-state index in [2.05, 4.69) is 6.58 Å². The molecule has 1 rings (SSSR count). The van der Waals surface area contributed by atoms with Gasteiger partial charge in [0.05, 0.1) is 0 Å². The zero-order chi connectivity index (χ0) is 8.97. The van der Waals surface area contributed by atoms with E-state index in [0.29, 0.717) is 18.6 Å². The highest BCUT2D eigenvalue weighted by Gasteiger charge is 2.06. The number of Topliss-reactive ketones (excluding diaryl/α,β-unsaturated/α-hetero) is 1. The minimum Gasteiger partial charge on any atom is -0.299 e. The van der Waals surface area contributed by atoms with Gasteiger partial charge in [-0.05, 0) is 6.42 Å². The molecule has 0 radical (unpaired) electrons. The first kappa shape index (κ1) is 8.98. The molecule has 0 aromatic heterocycles. The minimum absolute atomic E-state index is 0.310. The fraction of sp³-hybridized carbons (Fsp3) is 0.364. The summed E-state index contributed by atoms with van der Waals surface area (Å²) in [5.41, 5.74) is 2.28. The summed E-state index contributed by atoms with van der Waals surface area (Å²) in [5, 5.41) is 0. The van der Waals surface area contributed by atoms with Crippen molar-refractivity contribution in [3.8, 4) is 0 Å². The van der Waals surface area contributed by atoms with Crippen LogP contribution in [0.1, 0.15) is 26.2 Å². The van der Waals surface area contributed by atoms with Crippen LogP contribution in [0.4, 0.5) is 0 Å². The lowest BCUT2D eigenvalue weighted by Gasteiger charge is -2.08. The van der Waals surface area contributed by atoms with E-state index in [-0.39, 0.29) is 0 Å². The zero-order valence-corrected chi connectivity index (χ0v) is 7.47. The van der Waals surface area contributed by atoms with Gasteiger partial charge < -0.3 is 0 Å². The third-order valence-corrected chi connectivity index (χ3v) is 1.94. The number of rotatable bonds is 3. The van der Waals surface area contributed by atoms with Gasteiger partial charge in [-0.3, -0.25) is 4.79 Å².